The Balaban J connectivity index is 1.51. The van der Waals surface area contributed by atoms with Crippen LogP contribution in [0.15, 0.2) is 36.4 Å². The first-order chi connectivity index (χ1) is 14.1. The van der Waals surface area contributed by atoms with Crippen LogP contribution in [0, 0.1) is 23.4 Å². The molecule has 2 aromatic rings. The molecule has 2 aliphatic carbocycles. The maximum atomic E-state index is 15.0. The Bertz CT molecular complexity index is 904. The fraction of sp³-hybridized carbons (Fsp3) is 0.462. The normalized spacial score (nSPS) is 21.6. The maximum Gasteiger partial charge on any atom is 0.166 e. The molecule has 0 N–H and O–H groups in total. The van der Waals surface area contributed by atoms with E-state index >= 15 is 4.39 Å². The number of hydrogen-bond acceptors (Lipinski definition) is 0. The number of hydrogen-bond donors (Lipinski definition) is 0. The van der Waals surface area contributed by atoms with Gasteiger partial charge in [0.05, 0.1) is 0 Å². The minimum absolute atomic E-state index is 0.117. The van der Waals surface area contributed by atoms with Crippen molar-refractivity contribution in [2.45, 2.75) is 70.6 Å². The lowest BCUT2D eigenvalue weighted by atomic mass is 9.76. The van der Waals surface area contributed by atoms with E-state index in [0.29, 0.717) is 29.5 Å². The van der Waals surface area contributed by atoms with E-state index < -0.39 is 11.6 Å². The van der Waals surface area contributed by atoms with Crippen LogP contribution in [0.3, 0.4) is 0 Å². The SMILES string of the molecule is CCCCC1CCC(c2ccc(C3=CCc4c(F)cccc4C3)c(F)c2F)CC1. The fourth-order valence-corrected chi connectivity index (χ4v) is 5.09. The van der Waals surface area contributed by atoms with Crippen molar-refractivity contribution in [1.82, 2.24) is 0 Å². The first-order valence-electron chi connectivity index (χ1n) is 11.0. The summed E-state index contributed by atoms with van der Waals surface area (Å²) in [6.45, 7) is 2.21. The average molecular weight is 399 g/mol. The number of halogens is 3. The summed E-state index contributed by atoms with van der Waals surface area (Å²) in [6.07, 6.45) is 10.5. The predicted octanol–water partition coefficient (Wildman–Crippen LogP) is 7.75. The van der Waals surface area contributed by atoms with Crippen LogP contribution in [-0.4, -0.2) is 0 Å². The monoisotopic (exact) mass is 398 g/mol. The van der Waals surface area contributed by atoms with Crippen LogP contribution in [0.2, 0.25) is 0 Å². The number of fused-ring (bicyclic) bond motifs is 1. The second-order valence-electron chi connectivity index (χ2n) is 8.68. The van der Waals surface area contributed by atoms with E-state index in [0.717, 1.165) is 42.7 Å². The molecule has 0 heterocycles. The molecule has 0 aromatic heterocycles. The zero-order valence-electron chi connectivity index (χ0n) is 17.1. The van der Waals surface area contributed by atoms with Crippen LogP contribution in [-0.2, 0) is 12.8 Å². The third kappa shape index (κ3) is 4.15. The van der Waals surface area contributed by atoms with Gasteiger partial charge in [-0.1, -0.05) is 56.5 Å². The lowest BCUT2D eigenvalue weighted by Crippen LogP contribution is -2.15. The fourth-order valence-electron chi connectivity index (χ4n) is 5.09. The molecule has 4 rings (SSSR count). The zero-order chi connectivity index (χ0) is 20.4. The van der Waals surface area contributed by atoms with Crippen LogP contribution in [0.4, 0.5) is 13.2 Å². The smallest absolute Gasteiger partial charge is 0.166 e. The maximum absolute atomic E-state index is 15.0. The van der Waals surface area contributed by atoms with Gasteiger partial charge in [0, 0.05) is 5.56 Å². The van der Waals surface area contributed by atoms with Crippen molar-refractivity contribution in [2.24, 2.45) is 5.92 Å². The van der Waals surface area contributed by atoms with Gasteiger partial charge in [-0.3, -0.25) is 0 Å². The molecule has 1 fully saturated rings. The van der Waals surface area contributed by atoms with Gasteiger partial charge in [-0.2, -0.15) is 0 Å². The molecular weight excluding hydrogens is 369 g/mol. The Kier molecular flexibility index (Phi) is 6.12. The van der Waals surface area contributed by atoms with E-state index in [-0.39, 0.29) is 11.7 Å². The van der Waals surface area contributed by atoms with Crippen LogP contribution >= 0.6 is 0 Å². The van der Waals surface area contributed by atoms with Crippen LogP contribution < -0.4 is 0 Å². The molecule has 2 aromatic carbocycles. The van der Waals surface area contributed by atoms with Crippen LogP contribution in [0.1, 0.15) is 80.0 Å². The van der Waals surface area contributed by atoms with Gasteiger partial charge in [0.2, 0.25) is 0 Å². The summed E-state index contributed by atoms with van der Waals surface area (Å²) in [5, 5.41) is 0. The Morgan fingerprint density at radius 2 is 1.72 bits per heavy atom. The summed E-state index contributed by atoms with van der Waals surface area (Å²) in [6, 6.07) is 8.50. The number of allylic oxidation sites excluding steroid dienone is 2. The zero-order valence-corrected chi connectivity index (χ0v) is 17.1. The van der Waals surface area contributed by atoms with Crippen molar-refractivity contribution in [2.75, 3.05) is 0 Å². The Morgan fingerprint density at radius 1 is 0.931 bits per heavy atom. The third-order valence-corrected chi connectivity index (χ3v) is 6.86. The van der Waals surface area contributed by atoms with Crippen molar-refractivity contribution >= 4 is 5.57 Å². The van der Waals surface area contributed by atoms with Crippen LogP contribution in [0.25, 0.3) is 5.57 Å². The molecule has 0 aliphatic heterocycles. The van der Waals surface area contributed by atoms with Crippen molar-refractivity contribution in [1.29, 1.82) is 0 Å². The van der Waals surface area contributed by atoms with Crippen molar-refractivity contribution in [3.8, 4) is 0 Å². The van der Waals surface area contributed by atoms with Gasteiger partial charge in [0.25, 0.3) is 0 Å². The topological polar surface area (TPSA) is 0 Å². The molecule has 29 heavy (non-hydrogen) atoms. The first-order valence-corrected chi connectivity index (χ1v) is 11.0. The Hall–Kier alpha value is -2.03. The minimum Gasteiger partial charge on any atom is -0.207 e. The van der Waals surface area contributed by atoms with Gasteiger partial charge in [-0.05, 0) is 78.7 Å². The van der Waals surface area contributed by atoms with Gasteiger partial charge >= 0.3 is 0 Å². The van der Waals surface area contributed by atoms with Gasteiger partial charge in [-0.25, -0.2) is 13.2 Å². The van der Waals surface area contributed by atoms with Gasteiger partial charge in [0.1, 0.15) is 5.82 Å². The standard InChI is InChI=1S/C26H29F3/c1-2-3-5-17-8-10-18(11-9-17)22-14-15-23(26(29)25(22)28)20-12-13-21-19(16-20)6-4-7-24(21)27/h4,6-7,12,14-15,17-18H,2-3,5,8-11,13,16H2,1H3. The van der Waals surface area contributed by atoms with Gasteiger partial charge in [-0.15, -0.1) is 0 Å². The number of unbranched alkanes of at least 4 members (excludes halogenated alkanes) is 1. The van der Waals surface area contributed by atoms with Crippen molar-refractivity contribution in [3.63, 3.8) is 0 Å². The lowest BCUT2D eigenvalue weighted by molar-refractivity contribution is 0.299. The highest BCUT2D eigenvalue weighted by Gasteiger charge is 2.27. The van der Waals surface area contributed by atoms with Crippen molar-refractivity contribution in [3.05, 3.63) is 76.1 Å². The highest BCUT2D eigenvalue weighted by molar-refractivity contribution is 5.71. The summed E-state index contributed by atoms with van der Waals surface area (Å²) in [7, 11) is 0. The van der Waals surface area contributed by atoms with E-state index in [1.54, 1.807) is 18.2 Å². The second-order valence-corrected chi connectivity index (χ2v) is 8.68. The molecule has 0 bridgehead atoms. The molecule has 154 valence electrons. The quantitative estimate of drug-likeness (QED) is 0.483. The highest BCUT2D eigenvalue weighted by atomic mass is 19.2. The molecule has 0 radical (unpaired) electrons. The molecule has 3 heteroatoms. The molecule has 0 spiro atoms. The van der Waals surface area contributed by atoms with E-state index in [1.165, 1.54) is 25.3 Å². The number of benzene rings is 2. The molecule has 0 amide bonds. The van der Waals surface area contributed by atoms with Crippen molar-refractivity contribution < 1.29 is 13.2 Å². The molecule has 1 saturated carbocycles. The lowest BCUT2D eigenvalue weighted by Gasteiger charge is -2.29. The van der Waals surface area contributed by atoms with Gasteiger partial charge in [0.15, 0.2) is 11.6 Å². The predicted molar refractivity (Wildman–Crippen MR) is 112 cm³/mol. The molecular formula is C26H29F3. The van der Waals surface area contributed by atoms with E-state index in [2.05, 4.69) is 6.92 Å². The summed E-state index contributed by atoms with van der Waals surface area (Å²) < 4.78 is 43.9. The Labute approximate surface area is 171 Å². The molecule has 0 unspecified atom stereocenters. The summed E-state index contributed by atoms with van der Waals surface area (Å²) in [5.74, 6) is -0.806. The third-order valence-electron chi connectivity index (χ3n) is 6.86. The summed E-state index contributed by atoms with van der Waals surface area (Å²) in [4.78, 5) is 0. The van der Waals surface area contributed by atoms with E-state index in [1.807, 2.05) is 12.1 Å². The Morgan fingerprint density at radius 3 is 2.48 bits per heavy atom. The largest absolute Gasteiger partial charge is 0.207 e. The van der Waals surface area contributed by atoms with E-state index in [9.17, 15) is 8.78 Å². The molecule has 0 nitrogen and oxygen atoms in total. The number of rotatable bonds is 5. The average Bonchev–Trinajstić information content (AvgIpc) is 2.74. The molecule has 0 saturated heterocycles. The molecule has 0 atom stereocenters. The van der Waals surface area contributed by atoms with Crippen LogP contribution in [0.5, 0.6) is 0 Å². The first kappa shape index (κ1) is 20.3. The summed E-state index contributed by atoms with van der Waals surface area (Å²) in [5.41, 5.74) is 3.11. The van der Waals surface area contributed by atoms with Gasteiger partial charge < -0.3 is 0 Å². The highest BCUT2D eigenvalue weighted by Crippen LogP contribution is 2.40. The molecule has 2 aliphatic rings. The minimum atomic E-state index is -0.748. The summed E-state index contributed by atoms with van der Waals surface area (Å²) >= 11 is 0. The van der Waals surface area contributed by atoms with E-state index in [4.69, 9.17) is 0 Å². The second kappa shape index (κ2) is 8.77.